The second-order valence-corrected chi connectivity index (χ2v) is 4.39. The maximum Gasteiger partial charge on any atom is 0.268 e. The molecule has 1 aromatic rings. The van der Waals surface area contributed by atoms with Gasteiger partial charge >= 0.3 is 0 Å². The molecule has 0 bridgehead atoms. The second kappa shape index (κ2) is 5.82. The first-order chi connectivity index (χ1) is 9.69. The van der Waals surface area contributed by atoms with Crippen LogP contribution in [0, 0.1) is 24.8 Å². The summed E-state index contributed by atoms with van der Waals surface area (Å²) < 4.78 is 0. The number of hydrogen-bond donors (Lipinski definition) is 0. The van der Waals surface area contributed by atoms with Crippen molar-refractivity contribution in [1.82, 2.24) is 0 Å². The summed E-state index contributed by atoms with van der Waals surface area (Å²) in [5, 5.41) is 8.98. The van der Waals surface area contributed by atoms with E-state index < -0.39 is 0 Å². The lowest BCUT2D eigenvalue weighted by Crippen LogP contribution is -2.04. The summed E-state index contributed by atoms with van der Waals surface area (Å²) in [5.41, 5.74) is 4.72. The van der Waals surface area contributed by atoms with Gasteiger partial charge in [0.2, 0.25) is 0 Å². The van der Waals surface area contributed by atoms with E-state index in [0.29, 0.717) is 5.57 Å². The summed E-state index contributed by atoms with van der Waals surface area (Å²) in [7, 11) is 1.73. The Kier molecular flexibility index (Phi) is 3.93. The molecule has 0 spiro atoms. The van der Waals surface area contributed by atoms with E-state index >= 15 is 0 Å². The average molecular weight is 259 g/mol. The predicted octanol–water partition coefficient (Wildman–Crippen LogP) is 3.72. The molecule has 0 saturated carbocycles. The molecule has 0 radical (unpaired) electrons. The van der Waals surface area contributed by atoms with Crippen molar-refractivity contribution in [3.05, 3.63) is 76.3 Å². The lowest BCUT2D eigenvalue weighted by molar-refractivity contribution is 1.42. The largest absolute Gasteiger partial charge is 0.288 e. The van der Waals surface area contributed by atoms with Crippen molar-refractivity contribution >= 4 is 11.3 Å². The summed E-state index contributed by atoms with van der Waals surface area (Å²) in [6.07, 6.45) is 5.45. The molecule has 1 aliphatic rings. The van der Waals surface area contributed by atoms with Crippen molar-refractivity contribution in [1.29, 1.82) is 5.26 Å². The van der Waals surface area contributed by atoms with Crippen LogP contribution in [-0.2, 0) is 0 Å². The van der Waals surface area contributed by atoms with Gasteiger partial charge in [-0.2, -0.15) is 0 Å². The molecule has 0 atom stereocenters. The minimum Gasteiger partial charge on any atom is -0.288 e. The van der Waals surface area contributed by atoms with E-state index in [2.05, 4.69) is 9.84 Å². The van der Waals surface area contributed by atoms with Crippen LogP contribution in [0.25, 0.3) is 10.4 Å². The van der Waals surface area contributed by atoms with E-state index in [1.54, 1.807) is 13.1 Å². The van der Waals surface area contributed by atoms with Crippen LogP contribution in [0.3, 0.4) is 0 Å². The van der Waals surface area contributed by atoms with Gasteiger partial charge in [0.1, 0.15) is 0 Å². The Bertz CT molecular complexity index is 714. The molecule has 1 aliphatic carbocycles. The number of allylic oxidation sites excluding steroid dienone is 6. The summed E-state index contributed by atoms with van der Waals surface area (Å²) >= 11 is 0. The van der Waals surface area contributed by atoms with Crippen LogP contribution in [-0.4, -0.2) is 12.8 Å². The molecule has 96 valence electrons. The summed E-state index contributed by atoms with van der Waals surface area (Å²) in [5.74, 6) is 0. The minimum atomic E-state index is 0.0982. The van der Waals surface area contributed by atoms with Crippen molar-refractivity contribution in [2.24, 2.45) is 4.99 Å². The number of nitrogens with zero attached hydrogens (tertiary/aromatic N) is 3. The number of aryl methyl sites for hydroxylation is 1. The summed E-state index contributed by atoms with van der Waals surface area (Å²) in [6, 6.07) is 10.0. The SMILES string of the molecule is [C-]#[N+]/C(C#N)=C1\C=CC(=NC)C(c2ccc(C)cc2)=C1. The highest BCUT2D eigenvalue weighted by atomic mass is 14.7. The summed E-state index contributed by atoms with van der Waals surface area (Å²) in [4.78, 5) is 7.51. The zero-order chi connectivity index (χ0) is 14.5. The third-order valence-corrected chi connectivity index (χ3v) is 3.09. The molecule has 2 rings (SSSR count). The van der Waals surface area contributed by atoms with Crippen LogP contribution < -0.4 is 0 Å². The average Bonchev–Trinajstić information content (AvgIpc) is 2.49. The van der Waals surface area contributed by atoms with Gasteiger partial charge in [-0.3, -0.25) is 4.99 Å². The van der Waals surface area contributed by atoms with E-state index in [1.165, 1.54) is 5.56 Å². The molecule has 3 heteroatoms. The molecular formula is C17H13N3. The van der Waals surface area contributed by atoms with Gasteiger partial charge in [0, 0.05) is 12.6 Å². The standard InChI is InChI=1S/C17H13N3/c1-12-4-6-13(7-5-12)15-10-14(17(11-18)20-3)8-9-16(15)19-2/h4-10H,1-2H3/b17-14+,19-16?. The Labute approximate surface area is 118 Å². The topological polar surface area (TPSA) is 40.5 Å². The van der Waals surface area contributed by atoms with E-state index in [4.69, 9.17) is 11.8 Å². The zero-order valence-electron chi connectivity index (χ0n) is 11.4. The predicted molar refractivity (Wildman–Crippen MR) is 80.9 cm³/mol. The van der Waals surface area contributed by atoms with Gasteiger partial charge in [0.25, 0.3) is 5.70 Å². The molecule has 0 saturated heterocycles. The first-order valence-electron chi connectivity index (χ1n) is 6.15. The zero-order valence-corrected chi connectivity index (χ0v) is 11.4. The van der Waals surface area contributed by atoms with Crippen molar-refractivity contribution in [2.75, 3.05) is 7.05 Å². The first-order valence-corrected chi connectivity index (χ1v) is 6.15. The van der Waals surface area contributed by atoms with Crippen LogP contribution in [0.4, 0.5) is 0 Å². The molecule has 0 N–H and O–H groups in total. The Morgan fingerprint density at radius 1 is 1.25 bits per heavy atom. The molecule has 0 heterocycles. The van der Waals surface area contributed by atoms with Gasteiger partial charge in [-0.1, -0.05) is 42.0 Å². The van der Waals surface area contributed by atoms with Crippen molar-refractivity contribution < 1.29 is 0 Å². The van der Waals surface area contributed by atoms with Crippen LogP contribution >= 0.6 is 0 Å². The quantitative estimate of drug-likeness (QED) is 0.559. The molecule has 0 fully saturated rings. The number of nitriles is 1. The summed E-state index contributed by atoms with van der Waals surface area (Å²) in [6.45, 7) is 9.07. The third kappa shape index (κ3) is 2.58. The molecule has 20 heavy (non-hydrogen) atoms. The molecule has 0 aliphatic heterocycles. The van der Waals surface area contributed by atoms with E-state index in [1.807, 2.05) is 49.4 Å². The van der Waals surface area contributed by atoms with Gasteiger partial charge in [-0.25, -0.2) is 10.1 Å². The van der Waals surface area contributed by atoms with Gasteiger partial charge in [-0.05, 0) is 24.1 Å². The maximum atomic E-state index is 8.98. The number of aliphatic imine (C=N–C) groups is 1. The molecule has 1 aromatic carbocycles. The molecule has 3 nitrogen and oxygen atoms in total. The fourth-order valence-corrected chi connectivity index (χ4v) is 2.00. The Morgan fingerprint density at radius 3 is 2.50 bits per heavy atom. The van der Waals surface area contributed by atoms with Crippen LogP contribution in [0.5, 0.6) is 0 Å². The van der Waals surface area contributed by atoms with Crippen molar-refractivity contribution in [2.45, 2.75) is 6.92 Å². The highest BCUT2D eigenvalue weighted by molar-refractivity contribution is 6.30. The fraction of sp³-hybridized carbons (Fsp3) is 0.118. The molecule has 0 aromatic heterocycles. The van der Waals surface area contributed by atoms with Crippen molar-refractivity contribution in [3.8, 4) is 6.07 Å². The van der Waals surface area contributed by atoms with Crippen LogP contribution in [0.2, 0.25) is 0 Å². The van der Waals surface area contributed by atoms with E-state index in [0.717, 1.165) is 16.8 Å². The van der Waals surface area contributed by atoms with Crippen molar-refractivity contribution in [3.63, 3.8) is 0 Å². The second-order valence-electron chi connectivity index (χ2n) is 4.39. The van der Waals surface area contributed by atoms with Gasteiger partial charge in [0.05, 0.1) is 18.4 Å². The lowest BCUT2D eigenvalue weighted by atomic mass is 9.92. The number of hydrogen-bond acceptors (Lipinski definition) is 2. The molecule has 0 unspecified atom stereocenters. The van der Waals surface area contributed by atoms with Crippen LogP contribution in [0.15, 0.2) is 58.8 Å². The Balaban J connectivity index is 2.59. The highest BCUT2D eigenvalue weighted by Gasteiger charge is 2.13. The smallest absolute Gasteiger partial charge is 0.268 e. The van der Waals surface area contributed by atoms with E-state index in [9.17, 15) is 0 Å². The maximum absolute atomic E-state index is 8.98. The molecule has 0 amide bonds. The first kappa shape index (κ1) is 13.5. The highest BCUT2D eigenvalue weighted by Crippen LogP contribution is 2.26. The monoisotopic (exact) mass is 259 g/mol. The molecular weight excluding hydrogens is 246 g/mol. The third-order valence-electron chi connectivity index (χ3n) is 3.09. The minimum absolute atomic E-state index is 0.0982. The Morgan fingerprint density at radius 2 is 1.95 bits per heavy atom. The Hall–Kier alpha value is -2.91. The lowest BCUT2D eigenvalue weighted by Gasteiger charge is -2.13. The van der Waals surface area contributed by atoms with Gasteiger partial charge in [0.15, 0.2) is 0 Å². The van der Waals surface area contributed by atoms with Crippen LogP contribution in [0.1, 0.15) is 11.1 Å². The normalized spacial score (nSPS) is 18.2. The number of benzene rings is 1. The fourth-order valence-electron chi connectivity index (χ4n) is 2.00. The number of rotatable bonds is 1. The van der Waals surface area contributed by atoms with Gasteiger partial charge < -0.3 is 0 Å². The van der Waals surface area contributed by atoms with Gasteiger partial charge in [-0.15, -0.1) is 0 Å². The van der Waals surface area contributed by atoms with E-state index in [-0.39, 0.29) is 5.70 Å².